The Balaban J connectivity index is 1.56. The summed E-state index contributed by atoms with van der Waals surface area (Å²) in [6.07, 6.45) is 4.49. The van der Waals surface area contributed by atoms with Crippen LogP contribution in [0.3, 0.4) is 0 Å². The van der Waals surface area contributed by atoms with Crippen molar-refractivity contribution in [3.63, 3.8) is 0 Å². The minimum absolute atomic E-state index is 0.138. The van der Waals surface area contributed by atoms with E-state index in [0.29, 0.717) is 18.6 Å². The summed E-state index contributed by atoms with van der Waals surface area (Å²) in [6.45, 7) is 6.55. The topological polar surface area (TPSA) is 102 Å². The number of carbonyl (C=O) groups excluding carboxylic acids is 2. The van der Waals surface area contributed by atoms with Crippen molar-refractivity contribution < 1.29 is 34.0 Å². The molecule has 0 atom stereocenters. The van der Waals surface area contributed by atoms with Crippen molar-refractivity contribution in [3.8, 4) is 11.5 Å². The van der Waals surface area contributed by atoms with Crippen LogP contribution in [0.5, 0.6) is 11.5 Å². The average molecular weight is 613 g/mol. The van der Waals surface area contributed by atoms with Gasteiger partial charge in [0.1, 0.15) is 24.7 Å². The van der Waals surface area contributed by atoms with Crippen molar-refractivity contribution in [3.05, 3.63) is 55.7 Å². The Hall–Kier alpha value is -2.33. The summed E-state index contributed by atoms with van der Waals surface area (Å²) < 4.78 is 16.5. The number of hydrogen-bond acceptors (Lipinski definition) is 7. The highest BCUT2D eigenvalue weighted by molar-refractivity contribution is 14.1. The van der Waals surface area contributed by atoms with Gasteiger partial charge in [-0.15, -0.1) is 0 Å². The van der Waals surface area contributed by atoms with Gasteiger partial charge in [0.15, 0.2) is 0 Å². The zero-order chi connectivity index (χ0) is 26.5. The molecule has 198 valence electrons. The molecule has 0 bridgehead atoms. The number of aryl methyl sites for hydroxylation is 5. The van der Waals surface area contributed by atoms with Gasteiger partial charge < -0.3 is 24.4 Å². The molecular formula is C28H37IO7. The van der Waals surface area contributed by atoms with Crippen LogP contribution in [0.25, 0.3) is 0 Å². The first-order valence-electron chi connectivity index (χ1n) is 12.4. The Labute approximate surface area is 227 Å². The first-order valence-corrected chi connectivity index (χ1v) is 13.5. The molecule has 0 fully saturated rings. The maximum absolute atomic E-state index is 12.0. The van der Waals surface area contributed by atoms with Gasteiger partial charge in [-0.1, -0.05) is 31.5 Å². The van der Waals surface area contributed by atoms with Crippen LogP contribution >= 0.6 is 22.6 Å². The summed E-state index contributed by atoms with van der Waals surface area (Å²) in [6, 6.07) is 7.61. The second-order valence-electron chi connectivity index (χ2n) is 8.82. The normalized spacial score (nSPS) is 10.9. The third-order valence-electron chi connectivity index (χ3n) is 5.77. The van der Waals surface area contributed by atoms with E-state index in [2.05, 4.69) is 29.5 Å². The predicted molar refractivity (Wildman–Crippen MR) is 146 cm³/mol. The standard InChI is InChI=1S/C28H37IO7/c1-4-5-6-23-17-21(15-19(2)27(23)32)7-9-25(30)35-13-11-34-12-14-36-26(31)10-8-22-16-20(3)28(33)24(29)18-22/h15-18,32-33H,4-14H2,1-3H3. The molecular weight excluding hydrogens is 575 g/mol. The average Bonchev–Trinajstić information content (AvgIpc) is 2.85. The van der Waals surface area contributed by atoms with Crippen molar-refractivity contribution in [1.29, 1.82) is 0 Å². The second kappa shape index (κ2) is 15.7. The third-order valence-corrected chi connectivity index (χ3v) is 6.59. The quantitative estimate of drug-likeness (QED) is 0.159. The minimum atomic E-state index is -0.312. The van der Waals surface area contributed by atoms with Crippen molar-refractivity contribution in [2.45, 2.75) is 65.7 Å². The number of ether oxygens (including phenoxy) is 3. The number of aromatic hydroxyl groups is 2. The van der Waals surface area contributed by atoms with E-state index in [1.165, 1.54) is 0 Å². The molecule has 0 aliphatic heterocycles. The molecule has 0 aromatic heterocycles. The number of phenolic OH excluding ortho intramolecular Hbond substituents is 2. The molecule has 0 aliphatic carbocycles. The number of halogens is 1. The Bertz CT molecular complexity index is 996. The Morgan fingerprint density at radius 1 is 0.778 bits per heavy atom. The van der Waals surface area contributed by atoms with Crippen LogP contribution in [-0.4, -0.2) is 48.6 Å². The zero-order valence-electron chi connectivity index (χ0n) is 21.4. The molecule has 0 saturated heterocycles. The predicted octanol–water partition coefficient (Wildman–Crippen LogP) is 5.33. The highest BCUT2D eigenvalue weighted by atomic mass is 127. The van der Waals surface area contributed by atoms with Gasteiger partial charge in [0, 0.05) is 12.8 Å². The maximum Gasteiger partial charge on any atom is 0.306 e. The maximum atomic E-state index is 12.0. The molecule has 8 heteroatoms. The van der Waals surface area contributed by atoms with Crippen LogP contribution in [0.4, 0.5) is 0 Å². The van der Waals surface area contributed by atoms with Crippen LogP contribution in [0.1, 0.15) is 60.4 Å². The van der Waals surface area contributed by atoms with Crippen LogP contribution < -0.4 is 0 Å². The van der Waals surface area contributed by atoms with Gasteiger partial charge in [-0.25, -0.2) is 0 Å². The fraction of sp³-hybridized carbons (Fsp3) is 0.500. The summed E-state index contributed by atoms with van der Waals surface area (Å²) in [5.41, 5.74) is 4.53. The molecule has 0 saturated carbocycles. The molecule has 2 N–H and O–H groups in total. The van der Waals surface area contributed by atoms with E-state index in [0.717, 1.165) is 50.6 Å². The number of rotatable bonds is 15. The van der Waals surface area contributed by atoms with Gasteiger partial charge in [0.05, 0.1) is 16.8 Å². The Morgan fingerprint density at radius 2 is 1.31 bits per heavy atom. The first-order chi connectivity index (χ1) is 17.2. The molecule has 0 aliphatic rings. The lowest BCUT2D eigenvalue weighted by Gasteiger charge is -2.11. The summed E-state index contributed by atoms with van der Waals surface area (Å²) in [4.78, 5) is 24.0. The second-order valence-corrected chi connectivity index (χ2v) is 9.98. The van der Waals surface area contributed by atoms with Crippen LogP contribution in [0.2, 0.25) is 0 Å². The van der Waals surface area contributed by atoms with E-state index >= 15 is 0 Å². The van der Waals surface area contributed by atoms with E-state index in [-0.39, 0.29) is 57.0 Å². The summed E-state index contributed by atoms with van der Waals surface area (Å²) in [7, 11) is 0. The molecule has 7 nitrogen and oxygen atoms in total. The van der Waals surface area contributed by atoms with E-state index in [1.54, 1.807) is 0 Å². The zero-order valence-corrected chi connectivity index (χ0v) is 23.6. The monoisotopic (exact) mass is 612 g/mol. The number of esters is 2. The van der Waals surface area contributed by atoms with Crippen LogP contribution in [-0.2, 0) is 43.1 Å². The number of benzene rings is 2. The van der Waals surface area contributed by atoms with Gasteiger partial charge in [-0.2, -0.15) is 0 Å². The van der Waals surface area contributed by atoms with E-state index in [4.69, 9.17) is 14.2 Å². The lowest BCUT2D eigenvalue weighted by atomic mass is 9.98. The molecule has 0 radical (unpaired) electrons. The van der Waals surface area contributed by atoms with Crippen molar-refractivity contribution in [1.82, 2.24) is 0 Å². The van der Waals surface area contributed by atoms with Gasteiger partial charge >= 0.3 is 11.9 Å². The minimum Gasteiger partial charge on any atom is -0.507 e. The smallest absolute Gasteiger partial charge is 0.306 e. The van der Waals surface area contributed by atoms with Crippen LogP contribution in [0.15, 0.2) is 24.3 Å². The molecule has 2 rings (SSSR count). The Morgan fingerprint density at radius 3 is 1.83 bits per heavy atom. The van der Waals surface area contributed by atoms with E-state index in [9.17, 15) is 19.8 Å². The molecule has 0 amide bonds. The number of unbranched alkanes of at least 4 members (excludes halogenated alkanes) is 1. The number of phenols is 2. The van der Waals surface area contributed by atoms with Crippen LogP contribution in [0, 0.1) is 17.4 Å². The Kier molecular flexibility index (Phi) is 13.0. The summed E-state index contributed by atoms with van der Waals surface area (Å²) >= 11 is 2.07. The van der Waals surface area contributed by atoms with Gasteiger partial charge in [0.25, 0.3) is 0 Å². The van der Waals surface area contributed by atoms with E-state index in [1.807, 2.05) is 38.1 Å². The lowest BCUT2D eigenvalue weighted by molar-refractivity contribution is -0.146. The molecule has 0 heterocycles. The van der Waals surface area contributed by atoms with E-state index < -0.39 is 0 Å². The third kappa shape index (κ3) is 10.3. The molecule has 0 spiro atoms. The molecule has 2 aromatic carbocycles. The van der Waals surface area contributed by atoms with Crippen molar-refractivity contribution in [2.75, 3.05) is 26.4 Å². The fourth-order valence-electron chi connectivity index (χ4n) is 3.76. The van der Waals surface area contributed by atoms with Crippen molar-refractivity contribution >= 4 is 34.5 Å². The fourth-order valence-corrected chi connectivity index (χ4v) is 4.58. The van der Waals surface area contributed by atoms with Gasteiger partial charge in [0.2, 0.25) is 0 Å². The number of carbonyl (C=O) groups is 2. The molecule has 0 unspecified atom stereocenters. The highest BCUT2D eigenvalue weighted by Gasteiger charge is 2.10. The molecule has 36 heavy (non-hydrogen) atoms. The number of hydrogen-bond donors (Lipinski definition) is 2. The SMILES string of the molecule is CCCCc1cc(CCC(=O)OCCOCCOC(=O)CCc2cc(C)c(O)c(I)c2)cc(C)c1O. The lowest BCUT2D eigenvalue weighted by Crippen LogP contribution is -2.15. The van der Waals surface area contributed by atoms with Gasteiger partial charge in [-0.3, -0.25) is 9.59 Å². The molecule has 2 aromatic rings. The first kappa shape index (κ1) is 29.9. The highest BCUT2D eigenvalue weighted by Crippen LogP contribution is 2.27. The summed E-state index contributed by atoms with van der Waals surface area (Å²) in [5, 5.41) is 20.0. The largest absolute Gasteiger partial charge is 0.507 e. The van der Waals surface area contributed by atoms with Crippen molar-refractivity contribution in [2.24, 2.45) is 0 Å². The summed E-state index contributed by atoms with van der Waals surface area (Å²) in [5.74, 6) is 0.00599. The van der Waals surface area contributed by atoms with Gasteiger partial charge in [-0.05, 0) is 96.0 Å².